The Morgan fingerprint density at radius 1 is 0.923 bits per heavy atom. The average Bonchev–Trinajstić information content (AvgIpc) is 2.56. The van der Waals surface area contributed by atoms with Crippen molar-refractivity contribution in [2.45, 2.75) is 0 Å². The number of hydrogen-bond donors (Lipinski definition) is 5. The number of aromatic hydroxyl groups is 4. The number of phenolic OH excluding ortho intramolecular Hbond substituents is 4. The summed E-state index contributed by atoms with van der Waals surface area (Å²) >= 11 is 0. The summed E-state index contributed by atoms with van der Waals surface area (Å²) in [6, 6.07) is 5.71. The molecular formula is C18H12O8. The molecule has 0 aliphatic carbocycles. The summed E-state index contributed by atoms with van der Waals surface area (Å²) < 4.78 is 5.59. The van der Waals surface area contributed by atoms with Gasteiger partial charge >= 0.3 is 5.97 Å². The number of phenols is 4. The molecule has 132 valence electrons. The van der Waals surface area contributed by atoms with Gasteiger partial charge in [-0.1, -0.05) is 0 Å². The van der Waals surface area contributed by atoms with Crippen LogP contribution >= 0.6 is 0 Å². The Kier molecular flexibility index (Phi) is 4.01. The minimum absolute atomic E-state index is 0.0206. The number of hydrogen-bond acceptors (Lipinski definition) is 7. The van der Waals surface area contributed by atoms with Crippen molar-refractivity contribution in [3.8, 4) is 34.3 Å². The molecule has 5 N–H and O–H groups in total. The van der Waals surface area contributed by atoms with Gasteiger partial charge in [0.2, 0.25) is 0 Å². The first-order valence-corrected chi connectivity index (χ1v) is 7.24. The van der Waals surface area contributed by atoms with E-state index in [9.17, 15) is 30.0 Å². The molecule has 3 aromatic rings. The van der Waals surface area contributed by atoms with Crippen LogP contribution in [0.15, 0.2) is 45.6 Å². The summed E-state index contributed by atoms with van der Waals surface area (Å²) in [4.78, 5) is 23.1. The molecule has 0 aliphatic heterocycles. The molecule has 0 fully saturated rings. The topological polar surface area (TPSA) is 148 Å². The Hall–Kier alpha value is -3.94. The van der Waals surface area contributed by atoms with Gasteiger partial charge in [-0.15, -0.1) is 0 Å². The number of benzene rings is 2. The van der Waals surface area contributed by atoms with Crippen molar-refractivity contribution in [2.75, 3.05) is 0 Å². The number of carboxylic acids is 1. The molecule has 8 heteroatoms. The van der Waals surface area contributed by atoms with Crippen LogP contribution in [-0.2, 0) is 4.79 Å². The number of aliphatic carboxylic acids is 1. The van der Waals surface area contributed by atoms with Crippen LogP contribution in [0.25, 0.3) is 28.4 Å². The Balaban J connectivity index is 2.35. The lowest BCUT2D eigenvalue weighted by Gasteiger charge is -2.09. The molecule has 1 aromatic heterocycles. The Morgan fingerprint density at radius 2 is 1.65 bits per heavy atom. The van der Waals surface area contributed by atoms with Gasteiger partial charge in [-0.25, -0.2) is 4.79 Å². The maximum absolute atomic E-state index is 12.4. The van der Waals surface area contributed by atoms with Gasteiger partial charge in [0.15, 0.2) is 22.5 Å². The first-order chi connectivity index (χ1) is 12.3. The van der Waals surface area contributed by atoms with Gasteiger partial charge in [0, 0.05) is 23.8 Å². The van der Waals surface area contributed by atoms with Crippen LogP contribution in [0.3, 0.4) is 0 Å². The molecule has 0 saturated carbocycles. The zero-order valence-corrected chi connectivity index (χ0v) is 13.0. The largest absolute Gasteiger partial charge is 0.507 e. The zero-order chi connectivity index (χ0) is 19.0. The highest BCUT2D eigenvalue weighted by Crippen LogP contribution is 2.37. The molecule has 0 unspecified atom stereocenters. The lowest BCUT2D eigenvalue weighted by atomic mass is 10.1. The number of fused-ring (bicyclic) bond motifs is 1. The second kappa shape index (κ2) is 6.17. The first kappa shape index (κ1) is 16.9. The van der Waals surface area contributed by atoms with Crippen LogP contribution in [0.1, 0.15) is 5.56 Å². The SMILES string of the molecule is O=C(O)/C=C/c1c(O)cc(O)c2c(=O)cc(-c3ccc(O)c(O)c3)oc12. The Morgan fingerprint density at radius 3 is 2.31 bits per heavy atom. The number of carbonyl (C=O) groups is 1. The monoisotopic (exact) mass is 356 g/mol. The molecule has 2 aromatic carbocycles. The van der Waals surface area contributed by atoms with Crippen molar-refractivity contribution in [2.24, 2.45) is 0 Å². The van der Waals surface area contributed by atoms with Crippen LogP contribution < -0.4 is 5.43 Å². The molecule has 26 heavy (non-hydrogen) atoms. The van der Waals surface area contributed by atoms with Gasteiger partial charge in [-0.2, -0.15) is 0 Å². The van der Waals surface area contributed by atoms with E-state index in [1.165, 1.54) is 12.1 Å². The summed E-state index contributed by atoms with van der Waals surface area (Å²) in [6.07, 6.45) is 1.77. The van der Waals surface area contributed by atoms with Gasteiger partial charge < -0.3 is 29.9 Å². The maximum atomic E-state index is 12.4. The molecular weight excluding hydrogens is 344 g/mol. The zero-order valence-electron chi connectivity index (χ0n) is 13.0. The van der Waals surface area contributed by atoms with E-state index in [1.54, 1.807) is 0 Å². The summed E-state index contributed by atoms with van der Waals surface area (Å²) in [5.74, 6) is -3.12. The van der Waals surface area contributed by atoms with E-state index in [1.807, 2.05) is 0 Å². The number of carboxylic acid groups (broad SMARTS) is 1. The van der Waals surface area contributed by atoms with E-state index in [0.29, 0.717) is 0 Å². The highest BCUT2D eigenvalue weighted by molar-refractivity contribution is 5.96. The van der Waals surface area contributed by atoms with E-state index in [-0.39, 0.29) is 33.6 Å². The predicted molar refractivity (Wildman–Crippen MR) is 91.2 cm³/mol. The van der Waals surface area contributed by atoms with Gasteiger partial charge in [-0.05, 0) is 24.3 Å². The predicted octanol–water partition coefficient (Wildman–Crippen LogP) is 2.38. The lowest BCUT2D eigenvalue weighted by Crippen LogP contribution is -2.02. The minimum Gasteiger partial charge on any atom is -0.507 e. The molecule has 0 amide bonds. The second-order valence-electron chi connectivity index (χ2n) is 5.38. The molecule has 0 atom stereocenters. The van der Waals surface area contributed by atoms with E-state index < -0.39 is 28.6 Å². The highest BCUT2D eigenvalue weighted by Gasteiger charge is 2.17. The van der Waals surface area contributed by atoms with Crippen LogP contribution in [0.2, 0.25) is 0 Å². The highest BCUT2D eigenvalue weighted by atomic mass is 16.4. The van der Waals surface area contributed by atoms with Gasteiger partial charge in [0.1, 0.15) is 22.6 Å². The normalized spacial score (nSPS) is 11.2. The molecule has 0 aliphatic rings. The third kappa shape index (κ3) is 2.91. The van der Waals surface area contributed by atoms with Crippen LogP contribution in [0.4, 0.5) is 0 Å². The summed E-state index contributed by atoms with van der Waals surface area (Å²) in [5.41, 5.74) is -0.733. The van der Waals surface area contributed by atoms with E-state index >= 15 is 0 Å². The fourth-order valence-electron chi connectivity index (χ4n) is 2.46. The standard InChI is InChI=1S/C18H12O8/c19-10-3-1-8(5-12(10)21)15-7-14(23)17-13(22)6-11(20)9(18(17)26-15)2-4-16(24)25/h1-7,19-22H,(H,24,25)/b4-2+. The lowest BCUT2D eigenvalue weighted by molar-refractivity contribution is -0.131. The third-order valence-corrected chi connectivity index (χ3v) is 3.65. The fourth-order valence-corrected chi connectivity index (χ4v) is 2.46. The van der Waals surface area contributed by atoms with Gasteiger partial charge in [0.05, 0.1) is 5.56 Å². The third-order valence-electron chi connectivity index (χ3n) is 3.65. The van der Waals surface area contributed by atoms with E-state index in [0.717, 1.165) is 30.4 Å². The van der Waals surface area contributed by atoms with Crippen molar-refractivity contribution in [3.05, 3.63) is 52.2 Å². The smallest absolute Gasteiger partial charge is 0.328 e. The van der Waals surface area contributed by atoms with E-state index in [4.69, 9.17) is 9.52 Å². The Labute approximate surface area is 145 Å². The van der Waals surface area contributed by atoms with Crippen LogP contribution in [0, 0.1) is 0 Å². The minimum atomic E-state index is -1.28. The molecule has 0 spiro atoms. The molecule has 0 bridgehead atoms. The van der Waals surface area contributed by atoms with Crippen molar-refractivity contribution >= 4 is 23.0 Å². The molecule has 0 radical (unpaired) electrons. The Bertz CT molecular complexity index is 1120. The van der Waals surface area contributed by atoms with Crippen molar-refractivity contribution in [1.29, 1.82) is 0 Å². The van der Waals surface area contributed by atoms with Crippen molar-refractivity contribution < 1.29 is 34.7 Å². The van der Waals surface area contributed by atoms with Crippen LogP contribution in [0.5, 0.6) is 23.0 Å². The molecule has 1 heterocycles. The summed E-state index contributed by atoms with van der Waals surface area (Å²) in [7, 11) is 0. The summed E-state index contributed by atoms with van der Waals surface area (Å²) in [6.45, 7) is 0. The maximum Gasteiger partial charge on any atom is 0.328 e. The number of rotatable bonds is 3. The van der Waals surface area contributed by atoms with Gasteiger partial charge in [-0.3, -0.25) is 4.79 Å². The van der Waals surface area contributed by atoms with Gasteiger partial charge in [0.25, 0.3) is 0 Å². The quantitative estimate of drug-likeness (QED) is 0.355. The molecule has 0 saturated heterocycles. The van der Waals surface area contributed by atoms with E-state index in [2.05, 4.69) is 0 Å². The first-order valence-electron chi connectivity index (χ1n) is 7.24. The van der Waals surface area contributed by atoms with Crippen molar-refractivity contribution in [1.82, 2.24) is 0 Å². The van der Waals surface area contributed by atoms with Crippen LogP contribution in [-0.4, -0.2) is 31.5 Å². The summed E-state index contributed by atoms with van der Waals surface area (Å²) in [5, 5.41) is 47.5. The molecule has 3 rings (SSSR count). The van der Waals surface area contributed by atoms with Crippen molar-refractivity contribution in [3.63, 3.8) is 0 Å². The average molecular weight is 356 g/mol. The molecule has 8 nitrogen and oxygen atoms in total. The fraction of sp³-hybridized carbons (Fsp3) is 0. The second-order valence-corrected chi connectivity index (χ2v) is 5.38.